The van der Waals surface area contributed by atoms with Crippen LogP contribution in [0.5, 0.6) is 0 Å². The Morgan fingerprint density at radius 3 is 2.75 bits per heavy atom. The van der Waals surface area contributed by atoms with Crippen molar-refractivity contribution in [2.45, 2.75) is 49.1 Å². The summed E-state index contributed by atoms with van der Waals surface area (Å²) >= 11 is 1.70. The Balaban J connectivity index is 1.59. The molecule has 20 heavy (non-hydrogen) atoms. The lowest BCUT2D eigenvalue weighted by atomic mass is 10.1. The van der Waals surface area contributed by atoms with E-state index in [1.165, 1.54) is 5.56 Å². The second-order valence-corrected chi connectivity index (χ2v) is 6.86. The number of benzene rings is 1. The van der Waals surface area contributed by atoms with Gasteiger partial charge in [-0.05, 0) is 19.4 Å². The van der Waals surface area contributed by atoms with Gasteiger partial charge in [-0.3, -0.25) is 0 Å². The molecule has 5 heteroatoms. The van der Waals surface area contributed by atoms with Gasteiger partial charge in [0.25, 0.3) is 0 Å². The zero-order valence-corrected chi connectivity index (χ0v) is 12.5. The van der Waals surface area contributed by atoms with Gasteiger partial charge in [0.05, 0.1) is 18.0 Å². The first-order chi connectivity index (χ1) is 9.55. The topological polar surface area (TPSA) is 47.9 Å². The summed E-state index contributed by atoms with van der Waals surface area (Å²) in [4.78, 5) is 0. The van der Waals surface area contributed by atoms with Gasteiger partial charge in [-0.2, -0.15) is 0 Å². The first-order valence-electron chi connectivity index (χ1n) is 6.86. The van der Waals surface area contributed by atoms with Crippen molar-refractivity contribution >= 4 is 11.8 Å². The predicted octanol–water partition coefficient (Wildman–Crippen LogP) is 2.16. The molecule has 2 aliphatic heterocycles. The Morgan fingerprint density at radius 2 is 2.00 bits per heavy atom. The van der Waals surface area contributed by atoms with Crippen LogP contribution in [0.25, 0.3) is 0 Å². The van der Waals surface area contributed by atoms with Crippen LogP contribution in [-0.4, -0.2) is 41.2 Å². The minimum Gasteiger partial charge on any atom is -0.389 e. The highest BCUT2D eigenvalue weighted by atomic mass is 32.2. The number of aliphatic hydroxyl groups is 1. The van der Waals surface area contributed by atoms with E-state index in [1.54, 1.807) is 11.8 Å². The molecule has 1 aromatic carbocycles. The van der Waals surface area contributed by atoms with Crippen molar-refractivity contribution in [3.05, 3.63) is 35.9 Å². The summed E-state index contributed by atoms with van der Waals surface area (Å²) in [7, 11) is 0. The zero-order valence-electron chi connectivity index (χ0n) is 11.7. The van der Waals surface area contributed by atoms with Crippen LogP contribution in [-0.2, 0) is 20.0 Å². The van der Waals surface area contributed by atoms with Crippen LogP contribution in [0, 0.1) is 0 Å². The second-order valence-electron chi connectivity index (χ2n) is 5.63. The maximum absolute atomic E-state index is 10.4. The molecular weight excluding hydrogens is 276 g/mol. The van der Waals surface area contributed by atoms with E-state index >= 15 is 0 Å². The first kappa shape index (κ1) is 14.4. The SMILES string of the molecule is CC1(C)OC2OCC(SCc3ccccc3)C(O)C2O1. The number of rotatable bonds is 3. The minimum atomic E-state index is -0.685. The van der Waals surface area contributed by atoms with Crippen LogP contribution < -0.4 is 0 Å². The summed E-state index contributed by atoms with van der Waals surface area (Å²) in [5, 5.41) is 10.5. The molecule has 4 nitrogen and oxygen atoms in total. The highest BCUT2D eigenvalue weighted by molar-refractivity contribution is 7.99. The minimum absolute atomic E-state index is 0.00829. The van der Waals surface area contributed by atoms with E-state index in [0.717, 1.165) is 5.75 Å². The van der Waals surface area contributed by atoms with E-state index in [1.807, 2.05) is 32.0 Å². The summed E-state index contributed by atoms with van der Waals surface area (Å²) in [6.07, 6.45) is -1.41. The number of fused-ring (bicyclic) bond motifs is 1. The van der Waals surface area contributed by atoms with E-state index in [4.69, 9.17) is 14.2 Å². The molecule has 0 aliphatic carbocycles. The van der Waals surface area contributed by atoms with Crippen molar-refractivity contribution in [2.75, 3.05) is 6.61 Å². The number of hydrogen-bond acceptors (Lipinski definition) is 5. The number of ether oxygens (including phenoxy) is 3. The van der Waals surface area contributed by atoms with Crippen LogP contribution in [0.4, 0.5) is 0 Å². The maximum atomic E-state index is 10.4. The molecule has 110 valence electrons. The highest BCUT2D eigenvalue weighted by Crippen LogP contribution is 2.37. The van der Waals surface area contributed by atoms with Gasteiger partial charge in [-0.15, -0.1) is 11.8 Å². The standard InChI is InChI=1S/C15H20O4S/c1-15(2)18-13-12(16)11(8-17-14(13)19-15)20-9-10-6-4-3-5-7-10/h3-7,11-14,16H,8-9H2,1-2H3. The van der Waals surface area contributed by atoms with E-state index in [9.17, 15) is 5.11 Å². The Kier molecular flexibility index (Phi) is 4.06. The Hall–Kier alpha value is -0.590. The normalized spacial score (nSPS) is 35.8. The molecule has 1 aromatic rings. The van der Waals surface area contributed by atoms with Gasteiger partial charge < -0.3 is 19.3 Å². The van der Waals surface area contributed by atoms with Crippen molar-refractivity contribution in [3.8, 4) is 0 Å². The Bertz CT molecular complexity index is 450. The molecule has 0 radical (unpaired) electrons. The Labute approximate surface area is 123 Å². The molecule has 4 unspecified atom stereocenters. The van der Waals surface area contributed by atoms with Crippen LogP contribution in [0.15, 0.2) is 30.3 Å². The van der Waals surface area contributed by atoms with E-state index < -0.39 is 24.3 Å². The fraction of sp³-hybridized carbons (Fsp3) is 0.600. The zero-order chi connectivity index (χ0) is 14.2. The smallest absolute Gasteiger partial charge is 0.189 e. The average molecular weight is 296 g/mol. The van der Waals surface area contributed by atoms with Crippen LogP contribution in [0.3, 0.4) is 0 Å². The van der Waals surface area contributed by atoms with Crippen molar-refractivity contribution < 1.29 is 19.3 Å². The molecule has 0 spiro atoms. The highest BCUT2D eigenvalue weighted by Gasteiger charge is 2.50. The molecule has 3 rings (SSSR count). The van der Waals surface area contributed by atoms with Crippen LogP contribution >= 0.6 is 11.8 Å². The van der Waals surface area contributed by atoms with Crippen molar-refractivity contribution in [3.63, 3.8) is 0 Å². The van der Waals surface area contributed by atoms with Gasteiger partial charge in [0.15, 0.2) is 12.1 Å². The van der Waals surface area contributed by atoms with Gasteiger partial charge in [0.2, 0.25) is 0 Å². The van der Waals surface area contributed by atoms with E-state index in [-0.39, 0.29) is 5.25 Å². The molecule has 2 saturated heterocycles. The van der Waals surface area contributed by atoms with Gasteiger partial charge in [0, 0.05) is 5.75 Å². The molecule has 0 aromatic heterocycles. The summed E-state index contributed by atoms with van der Waals surface area (Å²) in [6.45, 7) is 4.17. The lowest BCUT2D eigenvalue weighted by Gasteiger charge is -2.34. The molecule has 2 fully saturated rings. The lowest BCUT2D eigenvalue weighted by molar-refractivity contribution is -0.193. The monoisotopic (exact) mass is 296 g/mol. The third-order valence-electron chi connectivity index (χ3n) is 3.54. The van der Waals surface area contributed by atoms with E-state index in [2.05, 4.69) is 12.1 Å². The maximum Gasteiger partial charge on any atom is 0.189 e. The predicted molar refractivity (Wildman–Crippen MR) is 77.3 cm³/mol. The van der Waals surface area contributed by atoms with Crippen molar-refractivity contribution in [1.82, 2.24) is 0 Å². The molecular formula is C15H20O4S. The van der Waals surface area contributed by atoms with Gasteiger partial charge in [0.1, 0.15) is 6.10 Å². The molecule has 4 atom stereocenters. The largest absolute Gasteiger partial charge is 0.389 e. The summed E-state index contributed by atoms with van der Waals surface area (Å²) in [5.41, 5.74) is 1.25. The third kappa shape index (κ3) is 3.02. The Morgan fingerprint density at radius 1 is 1.25 bits per heavy atom. The summed E-state index contributed by atoms with van der Waals surface area (Å²) in [6, 6.07) is 10.2. The van der Waals surface area contributed by atoms with Crippen molar-refractivity contribution in [1.29, 1.82) is 0 Å². The van der Waals surface area contributed by atoms with Gasteiger partial charge in [-0.1, -0.05) is 30.3 Å². The summed E-state index contributed by atoms with van der Waals surface area (Å²) in [5.74, 6) is 0.170. The molecule has 1 N–H and O–H groups in total. The molecule has 0 bridgehead atoms. The van der Waals surface area contributed by atoms with Crippen LogP contribution in [0.2, 0.25) is 0 Å². The number of hydrogen-bond donors (Lipinski definition) is 1. The van der Waals surface area contributed by atoms with E-state index in [0.29, 0.717) is 6.61 Å². The molecule has 0 saturated carbocycles. The molecule has 2 heterocycles. The first-order valence-corrected chi connectivity index (χ1v) is 7.91. The summed E-state index contributed by atoms with van der Waals surface area (Å²) < 4.78 is 17.0. The second kappa shape index (κ2) is 5.66. The average Bonchev–Trinajstić information content (AvgIpc) is 2.75. The van der Waals surface area contributed by atoms with Gasteiger partial charge in [-0.25, -0.2) is 0 Å². The van der Waals surface area contributed by atoms with Crippen LogP contribution in [0.1, 0.15) is 19.4 Å². The van der Waals surface area contributed by atoms with Crippen molar-refractivity contribution in [2.24, 2.45) is 0 Å². The number of aliphatic hydroxyl groups excluding tert-OH is 1. The fourth-order valence-corrected chi connectivity index (χ4v) is 3.67. The van der Waals surface area contributed by atoms with Gasteiger partial charge >= 0.3 is 0 Å². The number of thioether (sulfide) groups is 1. The quantitative estimate of drug-likeness (QED) is 0.926. The third-order valence-corrected chi connectivity index (χ3v) is 4.88. The fourth-order valence-electron chi connectivity index (χ4n) is 2.54. The molecule has 0 amide bonds. The molecule has 2 aliphatic rings. The lowest BCUT2D eigenvalue weighted by Crippen LogP contribution is -2.50.